The maximum absolute atomic E-state index is 12.3. The summed E-state index contributed by atoms with van der Waals surface area (Å²) in [5.74, 6) is 1.07. The number of ether oxygens (including phenoxy) is 2. The molecule has 0 radical (unpaired) electrons. The number of benzene rings is 2. The van der Waals surface area contributed by atoms with Crippen molar-refractivity contribution in [3.8, 4) is 11.5 Å². The predicted molar refractivity (Wildman–Crippen MR) is 112 cm³/mol. The molecule has 2 aromatic carbocycles. The Morgan fingerprint density at radius 1 is 1.10 bits per heavy atom. The minimum atomic E-state index is -0.264. The van der Waals surface area contributed by atoms with Crippen LogP contribution in [0.2, 0.25) is 0 Å². The first-order valence-electron chi connectivity index (χ1n) is 9.94. The number of hydrogen-bond donors (Lipinski definition) is 2. The van der Waals surface area contributed by atoms with Crippen LogP contribution in [0.4, 0.5) is 0 Å². The summed E-state index contributed by atoms with van der Waals surface area (Å²) in [4.78, 5) is 24.5. The second-order valence-corrected chi connectivity index (χ2v) is 7.47. The van der Waals surface area contributed by atoms with Crippen LogP contribution < -0.4 is 20.1 Å². The Labute approximate surface area is 171 Å². The molecular weight excluding hydrogens is 368 g/mol. The van der Waals surface area contributed by atoms with Gasteiger partial charge in [0.15, 0.2) is 0 Å². The van der Waals surface area contributed by atoms with Crippen molar-refractivity contribution in [2.75, 3.05) is 13.2 Å². The summed E-state index contributed by atoms with van der Waals surface area (Å²) in [6, 6.07) is 9.53. The van der Waals surface area contributed by atoms with Crippen LogP contribution in [0, 0.1) is 13.8 Å². The molecule has 0 unspecified atom stereocenters. The van der Waals surface area contributed by atoms with Gasteiger partial charge in [-0.25, -0.2) is 0 Å². The zero-order valence-electron chi connectivity index (χ0n) is 17.4. The second-order valence-electron chi connectivity index (χ2n) is 7.47. The Balaban J connectivity index is 1.58. The molecule has 0 spiro atoms. The van der Waals surface area contributed by atoms with Gasteiger partial charge in [0.1, 0.15) is 17.6 Å². The lowest BCUT2D eigenvalue weighted by Gasteiger charge is -2.13. The van der Waals surface area contributed by atoms with Crippen molar-refractivity contribution in [2.24, 2.45) is 0 Å². The Morgan fingerprint density at radius 3 is 2.52 bits per heavy atom. The SMILES string of the molecule is CCOc1cc2c(cc1CNC(=O)CNC(=O)c1cc(C)cc(C)c1)O[C@@H](C)C2. The van der Waals surface area contributed by atoms with E-state index in [0.717, 1.165) is 40.2 Å². The molecule has 0 fully saturated rings. The Morgan fingerprint density at radius 2 is 1.83 bits per heavy atom. The van der Waals surface area contributed by atoms with Gasteiger partial charge in [0, 0.05) is 29.7 Å². The van der Waals surface area contributed by atoms with Crippen LogP contribution in [-0.2, 0) is 17.8 Å². The topological polar surface area (TPSA) is 76.7 Å². The largest absolute Gasteiger partial charge is 0.494 e. The summed E-state index contributed by atoms with van der Waals surface area (Å²) in [6.45, 7) is 8.59. The monoisotopic (exact) mass is 396 g/mol. The van der Waals surface area contributed by atoms with Gasteiger partial charge < -0.3 is 20.1 Å². The number of amides is 2. The molecule has 2 aromatic rings. The smallest absolute Gasteiger partial charge is 0.251 e. The molecule has 0 bridgehead atoms. The van der Waals surface area contributed by atoms with Gasteiger partial charge in [-0.1, -0.05) is 17.2 Å². The molecular formula is C23H28N2O4. The normalized spacial score (nSPS) is 14.7. The van der Waals surface area contributed by atoms with E-state index < -0.39 is 0 Å². The zero-order valence-corrected chi connectivity index (χ0v) is 17.4. The second kappa shape index (κ2) is 8.99. The van der Waals surface area contributed by atoms with Gasteiger partial charge >= 0.3 is 0 Å². The van der Waals surface area contributed by atoms with E-state index in [1.807, 2.05) is 45.9 Å². The van der Waals surface area contributed by atoms with Crippen molar-refractivity contribution in [2.45, 2.75) is 46.8 Å². The van der Waals surface area contributed by atoms with Crippen molar-refractivity contribution < 1.29 is 19.1 Å². The molecule has 1 aliphatic heterocycles. The molecule has 0 aliphatic carbocycles. The molecule has 0 saturated carbocycles. The van der Waals surface area contributed by atoms with Crippen molar-refractivity contribution >= 4 is 11.8 Å². The summed E-state index contributed by atoms with van der Waals surface area (Å²) in [6.07, 6.45) is 0.997. The lowest BCUT2D eigenvalue weighted by atomic mass is 10.1. The van der Waals surface area contributed by atoms with Gasteiger partial charge in [0.05, 0.1) is 13.2 Å². The predicted octanol–water partition coefficient (Wildman–Crippen LogP) is 3.07. The van der Waals surface area contributed by atoms with Gasteiger partial charge in [-0.15, -0.1) is 0 Å². The number of aryl methyl sites for hydroxylation is 2. The van der Waals surface area contributed by atoms with E-state index in [-0.39, 0.29) is 24.5 Å². The van der Waals surface area contributed by atoms with E-state index in [4.69, 9.17) is 9.47 Å². The number of carbonyl (C=O) groups excluding carboxylic acids is 2. The van der Waals surface area contributed by atoms with E-state index >= 15 is 0 Å². The summed E-state index contributed by atoms with van der Waals surface area (Å²) in [5, 5.41) is 5.51. The fourth-order valence-corrected chi connectivity index (χ4v) is 3.53. The van der Waals surface area contributed by atoms with Crippen LogP contribution in [-0.4, -0.2) is 31.1 Å². The van der Waals surface area contributed by atoms with Crippen LogP contribution in [0.5, 0.6) is 11.5 Å². The van der Waals surface area contributed by atoms with E-state index in [0.29, 0.717) is 18.7 Å². The highest BCUT2D eigenvalue weighted by Crippen LogP contribution is 2.35. The number of nitrogens with one attached hydrogen (secondary N) is 2. The summed E-state index contributed by atoms with van der Waals surface area (Å²) in [5.41, 5.74) is 4.55. The van der Waals surface area contributed by atoms with Gasteiger partial charge in [-0.05, 0) is 52.0 Å². The number of hydrogen-bond acceptors (Lipinski definition) is 4. The van der Waals surface area contributed by atoms with Crippen LogP contribution in [0.15, 0.2) is 30.3 Å². The average Bonchev–Trinajstić information content (AvgIpc) is 3.02. The molecule has 29 heavy (non-hydrogen) atoms. The maximum Gasteiger partial charge on any atom is 0.251 e. The lowest BCUT2D eigenvalue weighted by molar-refractivity contribution is -0.120. The third-order valence-corrected chi connectivity index (χ3v) is 4.75. The highest BCUT2D eigenvalue weighted by molar-refractivity contribution is 5.96. The first-order valence-corrected chi connectivity index (χ1v) is 9.94. The Bertz CT molecular complexity index is 903. The zero-order chi connectivity index (χ0) is 21.0. The van der Waals surface area contributed by atoms with Crippen LogP contribution in [0.1, 0.15) is 46.5 Å². The first kappa shape index (κ1) is 20.7. The molecule has 0 saturated heterocycles. The molecule has 1 aliphatic rings. The molecule has 6 heteroatoms. The summed E-state index contributed by atoms with van der Waals surface area (Å²) >= 11 is 0. The standard InChI is InChI=1S/C23H28N2O4/c1-5-28-20-10-17-9-16(4)29-21(17)11-19(20)12-24-22(26)13-25-23(27)18-7-14(2)6-15(3)8-18/h6-8,10-11,16H,5,9,12-13H2,1-4H3,(H,24,26)(H,25,27)/t16-/m0/s1. The average molecular weight is 396 g/mol. The van der Waals surface area contributed by atoms with E-state index in [1.165, 1.54) is 0 Å². The third-order valence-electron chi connectivity index (χ3n) is 4.75. The molecule has 3 rings (SSSR count). The highest BCUT2D eigenvalue weighted by Gasteiger charge is 2.22. The molecule has 154 valence electrons. The maximum atomic E-state index is 12.3. The molecule has 1 atom stereocenters. The molecule has 2 N–H and O–H groups in total. The summed E-state index contributed by atoms with van der Waals surface area (Å²) in [7, 11) is 0. The minimum Gasteiger partial charge on any atom is -0.494 e. The quantitative estimate of drug-likeness (QED) is 0.754. The van der Waals surface area contributed by atoms with Gasteiger partial charge in [-0.2, -0.15) is 0 Å². The third kappa shape index (κ3) is 5.28. The van der Waals surface area contributed by atoms with Crippen LogP contribution in [0.3, 0.4) is 0 Å². The number of rotatable bonds is 7. The van der Waals surface area contributed by atoms with Crippen molar-refractivity contribution in [1.29, 1.82) is 0 Å². The van der Waals surface area contributed by atoms with Crippen molar-refractivity contribution in [1.82, 2.24) is 10.6 Å². The van der Waals surface area contributed by atoms with Crippen molar-refractivity contribution in [3.05, 3.63) is 58.1 Å². The molecule has 0 aromatic heterocycles. The van der Waals surface area contributed by atoms with Crippen molar-refractivity contribution in [3.63, 3.8) is 0 Å². The van der Waals surface area contributed by atoms with E-state index in [9.17, 15) is 9.59 Å². The summed E-state index contributed by atoms with van der Waals surface area (Å²) < 4.78 is 11.5. The van der Waals surface area contributed by atoms with Gasteiger partial charge in [-0.3, -0.25) is 9.59 Å². The molecule has 1 heterocycles. The minimum absolute atomic E-state index is 0.0890. The van der Waals surface area contributed by atoms with Crippen LogP contribution in [0.25, 0.3) is 0 Å². The number of carbonyl (C=O) groups is 2. The fourth-order valence-electron chi connectivity index (χ4n) is 3.53. The fraction of sp³-hybridized carbons (Fsp3) is 0.391. The Kier molecular flexibility index (Phi) is 6.42. The van der Waals surface area contributed by atoms with Gasteiger partial charge in [0.25, 0.3) is 5.91 Å². The Hall–Kier alpha value is -3.02. The van der Waals surface area contributed by atoms with Crippen LogP contribution >= 0.6 is 0 Å². The highest BCUT2D eigenvalue weighted by atomic mass is 16.5. The molecule has 2 amide bonds. The van der Waals surface area contributed by atoms with E-state index in [1.54, 1.807) is 12.1 Å². The lowest BCUT2D eigenvalue weighted by Crippen LogP contribution is -2.36. The van der Waals surface area contributed by atoms with E-state index in [2.05, 4.69) is 10.6 Å². The number of fused-ring (bicyclic) bond motifs is 1. The van der Waals surface area contributed by atoms with Gasteiger partial charge in [0.2, 0.25) is 5.91 Å². The first-order chi connectivity index (χ1) is 13.9. The molecule has 6 nitrogen and oxygen atoms in total.